The molecule has 1 amide bonds. The largest absolute Gasteiger partial charge is 0.508 e. The lowest BCUT2D eigenvalue weighted by Crippen LogP contribution is -2.45. The molecule has 1 heterocycles. The van der Waals surface area contributed by atoms with E-state index in [0.29, 0.717) is 17.7 Å². The van der Waals surface area contributed by atoms with Crippen LogP contribution in [0.25, 0.3) is 0 Å². The summed E-state index contributed by atoms with van der Waals surface area (Å²) in [6, 6.07) is 6.90. The zero-order chi connectivity index (χ0) is 18.1. The molecule has 7 nitrogen and oxygen atoms in total. The summed E-state index contributed by atoms with van der Waals surface area (Å²) in [5.74, 6) is 0.632. The lowest BCUT2D eigenvalue weighted by molar-refractivity contribution is -0.114. The van der Waals surface area contributed by atoms with Crippen molar-refractivity contribution in [2.24, 2.45) is 4.99 Å². The summed E-state index contributed by atoms with van der Waals surface area (Å²) in [7, 11) is 0. The second-order valence-corrected chi connectivity index (χ2v) is 6.10. The summed E-state index contributed by atoms with van der Waals surface area (Å²) in [4.78, 5) is 18.8. The number of amides is 1. The van der Waals surface area contributed by atoms with Gasteiger partial charge in [0.25, 0.3) is 0 Å². The van der Waals surface area contributed by atoms with Crippen LogP contribution in [0.1, 0.15) is 26.7 Å². The van der Waals surface area contributed by atoms with Crippen molar-refractivity contribution in [2.75, 3.05) is 38.0 Å². The minimum atomic E-state index is -0.195. The highest BCUT2D eigenvalue weighted by molar-refractivity contribution is 5.94. The number of phenols is 1. The van der Waals surface area contributed by atoms with Gasteiger partial charge in [0.1, 0.15) is 12.3 Å². The molecule has 1 saturated heterocycles. The summed E-state index contributed by atoms with van der Waals surface area (Å²) >= 11 is 0. The summed E-state index contributed by atoms with van der Waals surface area (Å²) in [6.45, 7) is 8.03. The van der Waals surface area contributed by atoms with E-state index >= 15 is 0 Å². The number of likely N-dealkylation sites (N-methyl/N-ethyl adjacent to an activating group) is 1. The van der Waals surface area contributed by atoms with Gasteiger partial charge < -0.3 is 21.1 Å². The zero-order valence-electron chi connectivity index (χ0n) is 15.1. The van der Waals surface area contributed by atoms with E-state index in [1.165, 1.54) is 25.0 Å². The summed E-state index contributed by atoms with van der Waals surface area (Å²) in [5.41, 5.74) is 0.639. The van der Waals surface area contributed by atoms with Crippen LogP contribution in [0.15, 0.2) is 29.3 Å². The second kappa shape index (κ2) is 9.88. The van der Waals surface area contributed by atoms with Gasteiger partial charge in [-0.15, -0.1) is 0 Å². The predicted molar refractivity (Wildman–Crippen MR) is 101 cm³/mol. The van der Waals surface area contributed by atoms with Gasteiger partial charge in [-0.1, -0.05) is 6.92 Å². The maximum Gasteiger partial charge on any atom is 0.246 e. The number of benzene rings is 1. The predicted octanol–water partition coefficient (Wildman–Crippen LogP) is 1.37. The molecule has 0 saturated carbocycles. The molecule has 0 aromatic heterocycles. The number of aliphatic imine (C=N–C) groups is 1. The van der Waals surface area contributed by atoms with Crippen LogP contribution < -0.4 is 16.0 Å². The van der Waals surface area contributed by atoms with Gasteiger partial charge >= 0.3 is 0 Å². The number of hydrogen-bond donors (Lipinski definition) is 4. The first-order valence-electron chi connectivity index (χ1n) is 8.97. The maximum atomic E-state index is 12.0. The quantitative estimate of drug-likeness (QED) is 0.340. The molecule has 1 aliphatic rings. The summed E-state index contributed by atoms with van der Waals surface area (Å²) in [6.07, 6.45) is 2.44. The van der Waals surface area contributed by atoms with Crippen LogP contribution in [0.2, 0.25) is 0 Å². The molecule has 4 N–H and O–H groups in total. The normalized spacial score (nSPS) is 18.2. The van der Waals surface area contributed by atoms with Crippen molar-refractivity contribution in [3.05, 3.63) is 24.3 Å². The first kappa shape index (κ1) is 19.1. The van der Waals surface area contributed by atoms with Gasteiger partial charge in [0, 0.05) is 24.8 Å². The van der Waals surface area contributed by atoms with E-state index in [-0.39, 0.29) is 18.2 Å². The number of anilines is 1. The van der Waals surface area contributed by atoms with E-state index in [2.05, 4.69) is 32.8 Å². The first-order chi connectivity index (χ1) is 12.1. The van der Waals surface area contributed by atoms with Crippen molar-refractivity contribution < 1.29 is 9.90 Å². The minimum Gasteiger partial charge on any atom is -0.508 e. The molecule has 7 heteroatoms. The average Bonchev–Trinajstić information content (AvgIpc) is 3.07. The van der Waals surface area contributed by atoms with Gasteiger partial charge in [-0.05, 0) is 57.1 Å². The first-order valence-corrected chi connectivity index (χ1v) is 8.97. The molecule has 0 bridgehead atoms. The molecule has 138 valence electrons. The number of likely N-dealkylation sites (tertiary alicyclic amines) is 1. The van der Waals surface area contributed by atoms with E-state index in [4.69, 9.17) is 0 Å². The van der Waals surface area contributed by atoms with E-state index in [1.807, 2.05) is 6.92 Å². The van der Waals surface area contributed by atoms with E-state index in [0.717, 1.165) is 26.2 Å². The number of nitrogens with one attached hydrogen (secondary N) is 3. The number of aromatic hydroxyl groups is 1. The number of carbonyl (C=O) groups is 1. The smallest absolute Gasteiger partial charge is 0.246 e. The van der Waals surface area contributed by atoms with Crippen molar-refractivity contribution in [3.63, 3.8) is 0 Å². The number of carbonyl (C=O) groups excluding carboxylic acids is 1. The maximum absolute atomic E-state index is 12.0. The van der Waals surface area contributed by atoms with Crippen LogP contribution in [0.3, 0.4) is 0 Å². The topological polar surface area (TPSA) is 89.0 Å². The average molecular weight is 347 g/mol. The van der Waals surface area contributed by atoms with Crippen LogP contribution >= 0.6 is 0 Å². The van der Waals surface area contributed by atoms with Crippen LogP contribution in [0, 0.1) is 0 Å². The molecule has 1 atom stereocenters. The third-order valence-corrected chi connectivity index (χ3v) is 4.29. The third-order valence-electron chi connectivity index (χ3n) is 4.29. The molecule has 0 aliphatic carbocycles. The third kappa shape index (κ3) is 6.26. The fraction of sp³-hybridized carbons (Fsp3) is 0.556. The monoisotopic (exact) mass is 347 g/mol. The molecule has 1 unspecified atom stereocenters. The van der Waals surface area contributed by atoms with Crippen LogP contribution in [-0.2, 0) is 4.79 Å². The molecule has 1 aliphatic heterocycles. The highest BCUT2D eigenvalue weighted by Crippen LogP contribution is 2.15. The van der Waals surface area contributed by atoms with Crippen LogP contribution in [0.4, 0.5) is 5.69 Å². The molecular weight excluding hydrogens is 318 g/mol. The number of rotatable bonds is 7. The number of phenolic OH excluding ortho intramolecular Hbond substituents is 1. The Labute approximate surface area is 149 Å². The Hall–Kier alpha value is -2.28. The van der Waals surface area contributed by atoms with Crippen molar-refractivity contribution in [3.8, 4) is 5.75 Å². The minimum absolute atomic E-state index is 0.0400. The SMILES string of the molecule is CCNC(=NCC(=O)Nc1ccc(O)cc1)NCC1CCCN1CC. The fourth-order valence-electron chi connectivity index (χ4n) is 3.00. The number of nitrogens with zero attached hydrogens (tertiary/aromatic N) is 2. The fourth-order valence-corrected chi connectivity index (χ4v) is 3.00. The highest BCUT2D eigenvalue weighted by Gasteiger charge is 2.22. The molecule has 2 rings (SSSR count). The van der Waals surface area contributed by atoms with Crippen LogP contribution in [-0.4, -0.2) is 60.6 Å². The Morgan fingerprint density at radius 1 is 1.28 bits per heavy atom. The lowest BCUT2D eigenvalue weighted by atomic mass is 10.2. The molecule has 1 fully saturated rings. The standard InChI is InChI=1S/C18H29N5O2/c1-3-19-18(20-12-15-6-5-11-23(15)4-2)21-13-17(25)22-14-7-9-16(24)10-8-14/h7-10,15,24H,3-6,11-13H2,1-2H3,(H,22,25)(H2,19,20,21). The molecule has 0 radical (unpaired) electrons. The van der Waals surface area contributed by atoms with Gasteiger partial charge in [-0.3, -0.25) is 9.69 Å². The number of hydrogen-bond acceptors (Lipinski definition) is 4. The molecule has 25 heavy (non-hydrogen) atoms. The van der Waals surface area contributed by atoms with E-state index in [1.54, 1.807) is 12.1 Å². The number of guanidine groups is 1. The highest BCUT2D eigenvalue weighted by atomic mass is 16.3. The van der Waals surface area contributed by atoms with Crippen LogP contribution in [0.5, 0.6) is 5.75 Å². The van der Waals surface area contributed by atoms with Crippen molar-refractivity contribution in [1.82, 2.24) is 15.5 Å². The molecule has 1 aromatic rings. The molecule has 1 aromatic carbocycles. The van der Waals surface area contributed by atoms with Gasteiger partial charge in [0.05, 0.1) is 0 Å². The molecular formula is C18H29N5O2. The Morgan fingerprint density at radius 2 is 2.04 bits per heavy atom. The van der Waals surface area contributed by atoms with Gasteiger partial charge in [-0.2, -0.15) is 0 Å². The van der Waals surface area contributed by atoms with Gasteiger partial charge in [0.2, 0.25) is 5.91 Å². The zero-order valence-corrected chi connectivity index (χ0v) is 15.1. The Bertz CT molecular complexity index is 573. The Balaban J connectivity index is 1.83. The Morgan fingerprint density at radius 3 is 2.72 bits per heavy atom. The van der Waals surface area contributed by atoms with E-state index in [9.17, 15) is 9.90 Å². The van der Waals surface area contributed by atoms with Crippen molar-refractivity contribution in [1.29, 1.82) is 0 Å². The van der Waals surface area contributed by atoms with Gasteiger partial charge in [0.15, 0.2) is 5.96 Å². The Kier molecular flexibility index (Phi) is 7.53. The van der Waals surface area contributed by atoms with E-state index < -0.39 is 0 Å². The van der Waals surface area contributed by atoms with Crippen molar-refractivity contribution in [2.45, 2.75) is 32.7 Å². The summed E-state index contributed by atoms with van der Waals surface area (Å²) in [5, 5.41) is 18.5. The molecule has 0 spiro atoms. The van der Waals surface area contributed by atoms with Gasteiger partial charge in [-0.25, -0.2) is 4.99 Å². The van der Waals surface area contributed by atoms with Crippen molar-refractivity contribution >= 4 is 17.6 Å². The lowest BCUT2D eigenvalue weighted by Gasteiger charge is -2.23. The summed E-state index contributed by atoms with van der Waals surface area (Å²) < 4.78 is 0. The second-order valence-electron chi connectivity index (χ2n) is 6.10.